The minimum Gasteiger partial charge on any atom is -0.350 e. The summed E-state index contributed by atoms with van der Waals surface area (Å²) in [5, 5.41) is 12.0. The Kier molecular flexibility index (Phi) is 3.56. The molecule has 1 aromatic heterocycles. The lowest BCUT2D eigenvalue weighted by Gasteiger charge is -2.52. The van der Waals surface area contributed by atoms with Gasteiger partial charge in [0.15, 0.2) is 11.5 Å². The first-order valence-corrected chi connectivity index (χ1v) is 7.48. The summed E-state index contributed by atoms with van der Waals surface area (Å²) in [6, 6.07) is 2.45. The van der Waals surface area contributed by atoms with Crippen molar-refractivity contribution in [3.05, 3.63) is 29.2 Å². The van der Waals surface area contributed by atoms with Gasteiger partial charge in [0.25, 0.3) is 5.91 Å². The second kappa shape index (κ2) is 5.18. The van der Waals surface area contributed by atoms with E-state index in [4.69, 9.17) is 5.26 Å². The monoisotopic (exact) mass is 353 g/mol. The van der Waals surface area contributed by atoms with Gasteiger partial charge in [0.2, 0.25) is 5.76 Å². The molecule has 1 aliphatic carbocycles. The highest BCUT2D eigenvalue weighted by molar-refractivity contribution is 6.04. The van der Waals surface area contributed by atoms with Crippen LogP contribution in [0.1, 0.15) is 36.5 Å². The van der Waals surface area contributed by atoms with Gasteiger partial charge in [-0.25, -0.2) is 0 Å². The predicted octanol–water partition coefficient (Wildman–Crippen LogP) is 2.58. The van der Waals surface area contributed by atoms with Crippen molar-refractivity contribution in [1.82, 2.24) is 10.1 Å². The van der Waals surface area contributed by atoms with Crippen LogP contribution in [-0.4, -0.2) is 34.8 Å². The second-order valence-corrected chi connectivity index (χ2v) is 7.16. The van der Waals surface area contributed by atoms with Gasteiger partial charge in [-0.05, 0) is 6.42 Å². The molecular weight excluding hydrogens is 339 g/mol. The van der Waals surface area contributed by atoms with Gasteiger partial charge in [-0.1, -0.05) is 25.1 Å². The zero-order chi connectivity index (χ0) is 18.6. The summed E-state index contributed by atoms with van der Waals surface area (Å²) in [5.41, 5.74) is -2.46. The molecule has 1 saturated heterocycles. The summed E-state index contributed by atoms with van der Waals surface area (Å²) < 4.78 is 42.1. The molecule has 1 aromatic rings. The summed E-state index contributed by atoms with van der Waals surface area (Å²) in [5.74, 6) is -1.43. The van der Waals surface area contributed by atoms with Gasteiger partial charge in [-0.2, -0.15) is 18.4 Å². The van der Waals surface area contributed by atoms with Gasteiger partial charge in [0.05, 0.1) is 5.57 Å². The van der Waals surface area contributed by atoms with Crippen LogP contribution in [0.5, 0.6) is 0 Å². The molecule has 2 heterocycles. The van der Waals surface area contributed by atoms with Crippen molar-refractivity contribution < 1.29 is 27.3 Å². The molecule has 0 aromatic carbocycles. The number of nitriles is 1. The van der Waals surface area contributed by atoms with Crippen LogP contribution in [-0.2, 0) is 11.0 Å². The van der Waals surface area contributed by atoms with Crippen LogP contribution in [0.3, 0.4) is 0 Å². The number of Topliss-reactive ketones (excluding diaryl/α,β-unsaturated/α-hetero) is 1. The van der Waals surface area contributed by atoms with Crippen molar-refractivity contribution in [3.8, 4) is 6.07 Å². The highest BCUT2D eigenvalue weighted by atomic mass is 19.4. The fourth-order valence-corrected chi connectivity index (χ4v) is 3.56. The van der Waals surface area contributed by atoms with E-state index in [1.165, 1.54) is 4.90 Å². The maximum Gasteiger partial charge on any atom is 0.436 e. The molecule has 25 heavy (non-hydrogen) atoms. The minimum atomic E-state index is -4.68. The van der Waals surface area contributed by atoms with Crippen molar-refractivity contribution in [2.24, 2.45) is 10.8 Å². The lowest BCUT2D eigenvalue weighted by Crippen LogP contribution is -2.60. The number of allylic oxidation sites excluding steroid dienone is 1. The third kappa shape index (κ3) is 2.81. The molecule has 3 rings (SSSR count). The first-order valence-electron chi connectivity index (χ1n) is 7.48. The Morgan fingerprint density at radius 1 is 1.40 bits per heavy atom. The molecule has 6 nitrogen and oxygen atoms in total. The molecule has 0 saturated carbocycles. The van der Waals surface area contributed by atoms with Crippen LogP contribution in [0.4, 0.5) is 13.2 Å². The van der Waals surface area contributed by atoms with Crippen molar-refractivity contribution in [2.45, 2.75) is 26.4 Å². The largest absolute Gasteiger partial charge is 0.436 e. The molecule has 1 aliphatic heterocycles. The van der Waals surface area contributed by atoms with Gasteiger partial charge in [-0.15, -0.1) is 0 Å². The van der Waals surface area contributed by atoms with Crippen molar-refractivity contribution >= 4 is 11.7 Å². The van der Waals surface area contributed by atoms with E-state index in [9.17, 15) is 22.8 Å². The maximum atomic E-state index is 12.5. The quantitative estimate of drug-likeness (QED) is 0.774. The van der Waals surface area contributed by atoms with Crippen LogP contribution in [0.15, 0.2) is 22.2 Å². The van der Waals surface area contributed by atoms with Crippen molar-refractivity contribution in [1.29, 1.82) is 5.26 Å². The number of halogens is 3. The molecule has 1 spiro atoms. The third-order valence-electron chi connectivity index (χ3n) is 4.53. The van der Waals surface area contributed by atoms with E-state index in [0.717, 1.165) is 0 Å². The van der Waals surface area contributed by atoms with Crippen molar-refractivity contribution in [3.63, 3.8) is 0 Å². The highest BCUT2D eigenvalue weighted by Gasteiger charge is 2.52. The maximum absolute atomic E-state index is 12.5. The molecule has 0 unspecified atom stereocenters. The van der Waals surface area contributed by atoms with E-state index in [2.05, 4.69) is 9.68 Å². The van der Waals surface area contributed by atoms with E-state index < -0.39 is 34.4 Å². The Bertz CT molecular complexity index is 824. The number of carbonyl (C=O) groups excluding carboxylic acids is 2. The molecule has 9 heteroatoms. The van der Waals surface area contributed by atoms with Gasteiger partial charge in [0.1, 0.15) is 6.07 Å². The summed E-state index contributed by atoms with van der Waals surface area (Å²) >= 11 is 0. The summed E-state index contributed by atoms with van der Waals surface area (Å²) in [6.07, 6.45) is -2.65. The Labute approximate surface area is 140 Å². The Morgan fingerprint density at radius 2 is 2.04 bits per heavy atom. The zero-order valence-corrected chi connectivity index (χ0v) is 13.5. The minimum absolute atomic E-state index is 0.0578. The molecule has 0 bridgehead atoms. The molecule has 0 atom stereocenters. The molecule has 0 N–H and O–H groups in total. The van der Waals surface area contributed by atoms with Gasteiger partial charge in [0, 0.05) is 30.0 Å². The number of likely N-dealkylation sites (tertiary alicyclic amines) is 1. The van der Waals surface area contributed by atoms with E-state index in [-0.39, 0.29) is 24.4 Å². The van der Waals surface area contributed by atoms with E-state index in [1.54, 1.807) is 19.9 Å². The Balaban J connectivity index is 1.77. The molecular formula is C16H14F3N3O3. The first kappa shape index (κ1) is 17.2. The average molecular weight is 353 g/mol. The first-order chi connectivity index (χ1) is 11.5. The number of carbonyl (C=O) groups is 2. The third-order valence-corrected chi connectivity index (χ3v) is 4.53. The molecule has 1 fully saturated rings. The molecule has 0 radical (unpaired) electrons. The lowest BCUT2D eigenvalue weighted by molar-refractivity contribution is -0.142. The van der Waals surface area contributed by atoms with Crippen LogP contribution >= 0.6 is 0 Å². The standard InChI is InChI=1S/C16H14F3N3O3/c1-14(2)6-15(4-9(5-20)12(14)23)7-22(8-15)13(24)10-3-11(21-25-10)16(17,18)19/h3-4H,6-8H2,1-2H3. The van der Waals surface area contributed by atoms with Gasteiger partial charge in [-0.3, -0.25) is 9.59 Å². The molecule has 132 valence electrons. The zero-order valence-electron chi connectivity index (χ0n) is 13.5. The summed E-state index contributed by atoms with van der Waals surface area (Å²) in [4.78, 5) is 25.7. The Hall–Kier alpha value is -2.63. The fourth-order valence-electron chi connectivity index (χ4n) is 3.56. The van der Waals surface area contributed by atoms with Crippen LogP contribution in [0.25, 0.3) is 0 Å². The average Bonchev–Trinajstić information content (AvgIpc) is 2.96. The van der Waals surface area contributed by atoms with Crippen LogP contribution < -0.4 is 0 Å². The molecule has 1 amide bonds. The van der Waals surface area contributed by atoms with Gasteiger partial charge >= 0.3 is 6.18 Å². The summed E-state index contributed by atoms with van der Waals surface area (Å²) in [6.45, 7) is 3.88. The number of nitrogens with zero attached hydrogens (tertiary/aromatic N) is 3. The fraction of sp³-hybridized carbons (Fsp3) is 0.500. The predicted molar refractivity (Wildman–Crippen MR) is 76.9 cm³/mol. The van der Waals surface area contributed by atoms with Crippen molar-refractivity contribution in [2.75, 3.05) is 13.1 Å². The number of aromatic nitrogens is 1. The van der Waals surface area contributed by atoms with E-state index >= 15 is 0 Å². The van der Waals surface area contributed by atoms with E-state index in [1.807, 2.05) is 6.07 Å². The summed E-state index contributed by atoms with van der Waals surface area (Å²) in [7, 11) is 0. The topological polar surface area (TPSA) is 87.2 Å². The number of hydrogen-bond donors (Lipinski definition) is 0. The number of rotatable bonds is 1. The SMILES string of the molecule is CC1(C)CC2(C=C(C#N)C1=O)CN(C(=O)c1cc(C(F)(F)F)no1)C2. The normalized spacial score (nSPS) is 21.5. The van der Waals surface area contributed by atoms with Gasteiger partial charge < -0.3 is 9.42 Å². The highest BCUT2D eigenvalue weighted by Crippen LogP contribution is 2.48. The lowest BCUT2D eigenvalue weighted by atomic mass is 9.61. The smallest absolute Gasteiger partial charge is 0.350 e. The number of alkyl halides is 3. The second-order valence-electron chi connectivity index (χ2n) is 7.16. The number of ketones is 1. The van der Waals surface area contributed by atoms with E-state index in [0.29, 0.717) is 12.5 Å². The van der Waals surface area contributed by atoms with Crippen LogP contribution in [0, 0.1) is 22.2 Å². The molecule has 2 aliphatic rings. The Morgan fingerprint density at radius 3 is 2.56 bits per heavy atom. The van der Waals surface area contributed by atoms with Crippen LogP contribution in [0.2, 0.25) is 0 Å². The number of hydrogen-bond acceptors (Lipinski definition) is 5. The number of amides is 1.